The number of hydrazone groups is 1. The van der Waals surface area contributed by atoms with E-state index in [2.05, 4.69) is 10.4 Å². The average Bonchev–Trinajstić information content (AvgIpc) is 3.19. The Bertz CT molecular complexity index is 1210. The molecule has 1 atom stereocenters. The molecule has 196 valence electrons. The Labute approximate surface area is 217 Å². The zero-order valence-corrected chi connectivity index (χ0v) is 22.0. The molecule has 0 radical (unpaired) electrons. The third-order valence-corrected chi connectivity index (χ3v) is 7.08. The molecule has 2 aliphatic heterocycles. The van der Waals surface area contributed by atoms with E-state index in [4.69, 9.17) is 9.47 Å². The molecule has 0 bridgehead atoms. The molecule has 2 heterocycles. The van der Waals surface area contributed by atoms with Crippen molar-refractivity contribution in [1.29, 1.82) is 0 Å². The van der Waals surface area contributed by atoms with Gasteiger partial charge in [-0.05, 0) is 63.6 Å². The number of amides is 2. The average molecular weight is 507 g/mol. The molecule has 0 aliphatic carbocycles. The number of methoxy groups -OCH3 is 1. The highest BCUT2D eigenvalue weighted by atomic mass is 16.5. The van der Waals surface area contributed by atoms with Crippen molar-refractivity contribution < 1.29 is 23.9 Å². The van der Waals surface area contributed by atoms with Gasteiger partial charge in [-0.2, -0.15) is 0 Å². The van der Waals surface area contributed by atoms with Gasteiger partial charge in [-0.15, -0.1) is 5.10 Å². The minimum atomic E-state index is -1.45. The van der Waals surface area contributed by atoms with Crippen molar-refractivity contribution in [1.82, 2.24) is 4.90 Å². The summed E-state index contributed by atoms with van der Waals surface area (Å²) in [7, 11) is 1.60. The first-order valence-electron chi connectivity index (χ1n) is 12.5. The maximum absolute atomic E-state index is 13.6. The summed E-state index contributed by atoms with van der Waals surface area (Å²) in [6.45, 7) is 8.30. The van der Waals surface area contributed by atoms with E-state index in [-0.39, 0.29) is 43.6 Å². The van der Waals surface area contributed by atoms with E-state index in [1.165, 1.54) is 4.90 Å². The van der Waals surface area contributed by atoms with Gasteiger partial charge in [-0.1, -0.05) is 24.6 Å². The first kappa shape index (κ1) is 26.2. The molecule has 1 saturated heterocycles. The summed E-state index contributed by atoms with van der Waals surface area (Å²) in [5, 5.41) is 9.20. The highest BCUT2D eigenvalue weighted by Gasteiger charge is 2.52. The lowest BCUT2D eigenvalue weighted by atomic mass is 9.76. The van der Waals surface area contributed by atoms with Gasteiger partial charge in [0.2, 0.25) is 5.90 Å². The zero-order chi connectivity index (χ0) is 26.8. The standard InChI is InChI=1S/C28H34N4O5/c1-6-28(18-31(16-15-23(28)33)26(35)29-20-9-7-19(2)8-10-20)25(34)37-24-27(3,4)17-32(30-24)21-11-13-22(36-5)14-12-21/h7-14H,6,15-18H2,1-5H3,(H,29,35). The molecule has 1 fully saturated rings. The zero-order valence-electron chi connectivity index (χ0n) is 22.0. The second kappa shape index (κ2) is 10.2. The number of piperidine rings is 1. The molecule has 4 rings (SSSR count). The number of urea groups is 1. The van der Waals surface area contributed by atoms with Crippen LogP contribution in [-0.4, -0.2) is 55.3 Å². The van der Waals surface area contributed by atoms with Gasteiger partial charge >= 0.3 is 12.0 Å². The van der Waals surface area contributed by atoms with Crippen LogP contribution in [0.4, 0.5) is 16.2 Å². The van der Waals surface area contributed by atoms with E-state index in [9.17, 15) is 14.4 Å². The molecular formula is C28H34N4O5. The maximum Gasteiger partial charge on any atom is 0.328 e. The third-order valence-electron chi connectivity index (χ3n) is 7.08. The molecule has 1 unspecified atom stereocenters. The number of esters is 1. The van der Waals surface area contributed by atoms with Crippen molar-refractivity contribution in [2.75, 3.05) is 37.1 Å². The number of hydrogen-bond donors (Lipinski definition) is 1. The summed E-state index contributed by atoms with van der Waals surface area (Å²) in [4.78, 5) is 41.2. The first-order valence-corrected chi connectivity index (χ1v) is 12.5. The smallest absolute Gasteiger partial charge is 0.328 e. The van der Waals surface area contributed by atoms with Crippen LogP contribution < -0.4 is 15.1 Å². The van der Waals surface area contributed by atoms with E-state index < -0.39 is 16.8 Å². The van der Waals surface area contributed by atoms with Gasteiger partial charge in [0.15, 0.2) is 5.78 Å². The lowest BCUT2D eigenvalue weighted by Gasteiger charge is -2.39. The molecule has 2 aromatic carbocycles. The van der Waals surface area contributed by atoms with E-state index in [0.29, 0.717) is 12.2 Å². The predicted octanol–water partition coefficient (Wildman–Crippen LogP) is 4.61. The monoisotopic (exact) mass is 506 g/mol. The Morgan fingerprint density at radius 2 is 1.73 bits per heavy atom. The van der Waals surface area contributed by atoms with Crippen LogP contribution in [0.3, 0.4) is 0 Å². The Kier molecular flexibility index (Phi) is 7.25. The number of nitrogens with one attached hydrogen (secondary N) is 1. The number of benzene rings is 2. The molecule has 0 saturated carbocycles. The quantitative estimate of drug-likeness (QED) is 0.470. The van der Waals surface area contributed by atoms with Gasteiger partial charge in [-0.25, -0.2) is 4.79 Å². The molecule has 9 heteroatoms. The molecule has 0 spiro atoms. The summed E-state index contributed by atoms with van der Waals surface area (Å²) >= 11 is 0. The number of rotatable bonds is 5. The van der Waals surface area contributed by atoms with Gasteiger partial charge in [-0.3, -0.25) is 14.6 Å². The normalized spacial score (nSPS) is 20.9. The number of ketones is 1. The van der Waals surface area contributed by atoms with Crippen molar-refractivity contribution in [3.8, 4) is 5.75 Å². The van der Waals surface area contributed by atoms with E-state index in [1.54, 1.807) is 19.0 Å². The van der Waals surface area contributed by atoms with Crippen molar-refractivity contribution >= 4 is 35.1 Å². The number of carbonyl (C=O) groups excluding carboxylic acids is 3. The summed E-state index contributed by atoms with van der Waals surface area (Å²) in [6.07, 6.45) is 0.299. The number of likely N-dealkylation sites (tertiary alicyclic amines) is 1. The fourth-order valence-corrected chi connectivity index (χ4v) is 4.58. The Hall–Kier alpha value is -3.88. The molecule has 2 aliphatic rings. The van der Waals surface area contributed by atoms with Gasteiger partial charge in [0.05, 0.1) is 24.8 Å². The molecule has 9 nitrogen and oxygen atoms in total. The van der Waals surface area contributed by atoms with E-state index in [1.807, 2.05) is 69.3 Å². The van der Waals surface area contributed by atoms with Gasteiger partial charge in [0.1, 0.15) is 11.2 Å². The van der Waals surface area contributed by atoms with Crippen LogP contribution in [0.2, 0.25) is 0 Å². The summed E-state index contributed by atoms with van der Waals surface area (Å²) in [5.41, 5.74) is 0.549. The van der Waals surface area contributed by atoms with Crippen molar-refractivity contribution in [2.24, 2.45) is 15.9 Å². The molecule has 37 heavy (non-hydrogen) atoms. The van der Waals surface area contributed by atoms with Crippen LogP contribution >= 0.6 is 0 Å². The number of ether oxygens (including phenoxy) is 2. The second-order valence-corrected chi connectivity index (χ2v) is 10.3. The Morgan fingerprint density at radius 3 is 2.35 bits per heavy atom. The van der Waals surface area contributed by atoms with Crippen molar-refractivity contribution in [3.05, 3.63) is 54.1 Å². The lowest BCUT2D eigenvalue weighted by Crippen LogP contribution is -2.56. The van der Waals surface area contributed by atoms with E-state index in [0.717, 1.165) is 17.0 Å². The highest BCUT2D eigenvalue weighted by molar-refractivity contribution is 6.09. The number of nitrogens with zero attached hydrogens (tertiary/aromatic N) is 3. The van der Waals surface area contributed by atoms with Crippen LogP contribution in [0.1, 0.15) is 39.2 Å². The molecule has 2 amide bonds. The van der Waals surface area contributed by atoms with Gasteiger partial charge in [0, 0.05) is 25.2 Å². The number of hydrogen-bond acceptors (Lipinski definition) is 7. The largest absolute Gasteiger partial charge is 0.497 e. The fourth-order valence-electron chi connectivity index (χ4n) is 4.58. The van der Waals surface area contributed by atoms with Crippen LogP contribution in [0.5, 0.6) is 5.75 Å². The van der Waals surface area contributed by atoms with Gasteiger partial charge < -0.3 is 19.7 Å². The predicted molar refractivity (Wildman–Crippen MR) is 142 cm³/mol. The fraction of sp³-hybridized carbons (Fsp3) is 0.429. The lowest BCUT2D eigenvalue weighted by molar-refractivity contribution is -0.157. The molecule has 0 aromatic heterocycles. The second-order valence-electron chi connectivity index (χ2n) is 10.3. The van der Waals surface area contributed by atoms with Crippen LogP contribution in [0.15, 0.2) is 53.6 Å². The molecule has 1 N–H and O–H groups in total. The van der Waals surface area contributed by atoms with Crippen LogP contribution in [-0.2, 0) is 14.3 Å². The summed E-state index contributed by atoms with van der Waals surface area (Å²) < 4.78 is 11.1. The van der Waals surface area contributed by atoms with Crippen molar-refractivity contribution in [3.63, 3.8) is 0 Å². The van der Waals surface area contributed by atoms with Gasteiger partial charge in [0.25, 0.3) is 0 Å². The summed E-state index contributed by atoms with van der Waals surface area (Å²) in [6, 6.07) is 14.5. The Balaban J connectivity index is 1.51. The van der Waals surface area contributed by atoms with Crippen molar-refractivity contribution in [2.45, 2.75) is 40.5 Å². The summed E-state index contributed by atoms with van der Waals surface area (Å²) in [5.74, 6) is 0.0868. The van der Waals surface area contributed by atoms with Crippen LogP contribution in [0.25, 0.3) is 0 Å². The Morgan fingerprint density at radius 1 is 1.05 bits per heavy atom. The minimum absolute atomic E-state index is 0.0469. The van der Waals surface area contributed by atoms with Crippen LogP contribution in [0, 0.1) is 17.8 Å². The third kappa shape index (κ3) is 5.30. The number of Topliss-reactive ketones (excluding diaryl/α,β-unsaturated/α-hetero) is 1. The highest BCUT2D eigenvalue weighted by Crippen LogP contribution is 2.36. The number of aryl methyl sites for hydroxylation is 1. The number of anilines is 2. The maximum atomic E-state index is 13.6. The molecule has 2 aromatic rings. The minimum Gasteiger partial charge on any atom is -0.497 e. The first-order chi connectivity index (χ1) is 17.6. The topological polar surface area (TPSA) is 101 Å². The molecular weight excluding hydrogens is 472 g/mol. The SMILES string of the molecule is CCC1(C(=O)OC2=NN(c3ccc(OC)cc3)CC2(C)C)CN(C(=O)Nc2ccc(C)cc2)CCC1=O. The van der Waals surface area contributed by atoms with E-state index >= 15 is 0 Å². The number of carbonyl (C=O) groups is 3.